The Balaban J connectivity index is 1.61. The van der Waals surface area contributed by atoms with Crippen molar-refractivity contribution in [1.82, 2.24) is 9.88 Å². The van der Waals surface area contributed by atoms with Gasteiger partial charge in [0.1, 0.15) is 6.61 Å². The summed E-state index contributed by atoms with van der Waals surface area (Å²) in [5, 5.41) is 10.6. The van der Waals surface area contributed by atoms with E-state index in [1.54, 1.807) is 4.90 Å². The number of aliphatic hydroxyl groups excluding tert-OH is 1. The lowest BCUT2D eigenvalue weighted by molar-refractivity contribution is 0.0830. The third kappa shape index (κ3) is 4.21. The second-order valence-electron chi connectivity index (χ2n) is 7.52. The Morgan fingerprint density at radius 2 is 1.97 bits per heavy atom. The maximum Gasteiger partial charge on any atom is 0.410 e. The molecule has 1 aliphatic heterocycles. The van der Waals surface area contributed by atoms with Gasteiger partial charge in [-0.2, -0.15) is 0 Å². The highest BCUT2D eigenvalue weighted by atomic mass is 16.6. The number of benzene rings is 2. The number of rotatable bonds is 6. The van der Waals surface area contributed by atoms with E-state index in [2.05, 4.69) is 6.07 Å². The van der Waals surface area contributed by atoms with Crippen LogP contribution in [0.2, 0.25) is 0 Å². The highest BCUT2D eigenvalue weighted by molar-refractivity contribution is 5.80. The van der Waals surface area contributed by atoms with Gasteiger partial charge >= 0.3 is 6.09 Å². The predicted molar refractivity (Wildman–Crippen MR) is 117 cm³/mol. The molecule has 1 N–H and O–H groups in total. The molecule has 1 aromatic heterocycles. The van der Waals surface area contributed by atoms with Crippen LogP contribution in [0.1, 0.15) is 42.6 Å². The highest BCUT2D eigenvalue weighted by Gasteiger charge is 2.35. The first kappa shape index (κ1) is 20.1. The second-order valence-corrected chi connectivity index (χ2v) is 7.52. The number of amides is 1. The summed E-state index contributed by atoms with van der Waals surface area (Å²) in [6.07, 6.45) is 3.05. The molecule has 30 heavy (non-hydrogen) atoms. The van der Waals surface area contributed by atoms with E-state index in [0.717, 1.165) is 39.7 Å². The van der Waals surface area contributed by atoms with Crippen LogP contribution in [0.25, 0.3) is 10.9 Å². The topological polar surface area (TPSA) is 62.7 Å². The van der Waals surface area contributed by atoms with Gasteiger partial charge in [-0.25, -0.2) is 4.79 Å². The van der Waals surface area contributed by atoms with Crippen LogP contribution in [0.15, 0.2) is 72.3 Å². The van der Waals surface area contributed by atoms with E-state index in [1.807, 2.05) is 67.6 Å². The zero-order valence-electron chi connectivity index (χ0n) is 17.1. The molecular formula is C25H26N2O3. The van der Waals surface area contributed by atoms with E-state index >= 15 is 0 Å². The van der Waals surface area contributed by atoms with E-state index in [1.165, 1.54) is 0 Å². The molecule has 1 unspecified atom stereocenters. The van der Waals surface area contributed by atoms with Crippen LogP contribution in [0.4, 0.5) is 4.79 Å². The molecular weight excluding hydrogens is 376 g/mol. The Kier molecular flexibility index (Phi) is 6.10. The summed E-state index contributed by atoms with van der Waals surface area (Å²) in [5.41, 5.74) is 4.79. The number of para-hydroxylation sites is 1. The van der Waals surface area contributed by atoms with Gasteiger partial charge < -0.3 is 9.84 Å². The first-order valence-electron chi connectivity index (χ1n) is 10.3. The Labute approximate surface area is 176 Å². The monoisotopic (exact) mass is 402 g/mol. The summed E-state index contributed by atoms with van der Waals surface area (Å²) in [7, 11) is 0. The Morgan fingerprint density at radius 3 is 2.73 bits per heavy atom. The van der Waals surface area contributed by atoms with Crippen LogP contribution in [0.5, 0.6) is 0 Å². The van der Waals surface area contributed by atoms with Crippen molar-refractivity contribution in [2.75, 3.05) is 6.61 Å². The zero-order valence-corrected chi connectivity index (χ0v) is 17.1. The number of carbonyl (C=O) groups is 1. The van der Waals surface area contributed by atoms with Gasteiger partial charge in [-0.1, -0.05) is 61.5 Å². The van der Waals surface area contributed by atoms with Crippen LogP contribution < -0.4 is 0 Å². The van der Waals surface area contributed by atoms with Crippen molar-refractivity contribution in [1.29, 1.82) is 0 Å². The molecule has 154 valence electrons. The summed E-state index contributed by atoms with van der Waals surface area (Å²) in [4.78, 5) is 19.6. The Bertz CT molecular complexity index is 1060. The van der Waals surface area contributed by atoms with Crippen molar-refractivity contribution in [3.8, 4) is 0 Å². The minimum absolute atomic E-state index is 0.0275. The molecule has 3 aromatic rings. The molecule has 0 bridgehead atoms. The average Bonchev–Trinajstić information content (AvgIpc) is 3.14. The molecule has 0 aliphatic carbocycles. The smallest absolute Gasteiger partial charge is 0.410 e. The quantitative estimate of drug-likeness (QED) is 0.580. The maximum absolute atomic E-state index is 13.0. The second kappa shape index (κ2) is 9.09. The minimum atomic E-state index is -0.346. The van der Waals surface area contributed by atoms with Gasteiger partial charge in [0, 0.05) is 5.39 Å². The molecule has 1 atom stereocenters. The third-order valence-corrected chi connectivity index (χ3v) is 5.60. The number of hydrogen-bond acceptors (Lipinski definition) is 4. The van der Waals surface area contributed by atoms with E-state index in [0.29, 0.717) is 13.0 Å². The minimum Gasteiger partial charge on any atom is -0.445 e. The number of carbonyl (C=O) groups excluding carboxylic acids is 1. The molecule has 5 nitrogen and oxygen atoms in total. The van der Waals surface area contributed by atoms with E-state index in [9.17, 15) is 9.90 Å². The molecule has 0 saturated heterocycles. The normalized spacial score (nSPS) is 16.0. The fourth-order valence-corrected chi connectivity index (χ4v) is 3.86. The molecule has 0 radical (unpaired) electrons. The lowest BCUT2D eigenvalue weighted by Crippen LogP contribution is -2.30. The molecule has 0 fully saturated rings. The molecule has 4 rings (SSSR count). The van der Waals surface area contributed by atoms with E-state index in [4.69, 9.17) is 9.72 Å². The summed E-state index contributed by atoms with van der Waals surface area (Å²) in [5.74, 6) is 0. The fourth-order valence-electron chi connectivity index (χ4n) is 3.86. The van der Waals surface area contributed by atoms with Crippen LogP contribution in [-0.2, 0) is 17.9 Å². The maximum atomic E-state index is 13.0. The Morgan fingerprint density at radius 1 is 1.20 bits per heavy atom. The summed E-state index contributed by atoms with van der Waals surface area (Å²) >= 11 is 0. The van der Waals surface area contributed by atoms with E-state index < -0.39 is 0 Å². The number of pyridine rings is 1. The largest absolute Gasteiger partial charge is 0.445 e. The van der Waals surface area contributed by atoms with Crippen LogP contribution in [0.3, 0.4) is 0 Å². The standard InChI is InChI=1S/C25H26N2O3/c1-2-18(16-28)12-13-23-24-21(14-20-10-6-7-11-22(20)26-24)15-27(23)25(29)30-17-19-8-4-3-5-9-19/h3-12,14,23,28H,2,13,15-17H2,1H3/b18-12-. The molecule has 2 heterocycles. The molecule has 0 saturated carbocycles. The summed E-state index contributed by atoms with van der Waals surface area (Å²) in [6.45, 7) is 2.75. The highest BCUT2D eigenvalue weighted by Crippen LogP contribution is 2.37. The number of fused-ring (bicyclic) bond motifs is 2. The predicted octanol–water partition coefficient (Wildman–Crippen LogP) is 5.15. The molecule has 5 heteroatoms. The molecule has 0 spiro atoms. The third-order valence-electron chi connectivity index (χ3n) is 5.60. The summed E-state index contributed by atoms with van der Waals surface area (Å²) in [6, 6.07) is 19.6. The van der Waals surface area contributed by atoms with Gasteiger partial charge in [0.15, 0.2) is 0 Å². The van der Waals surface area contributed by atoms with Gasteiger partial charge in [-0.15, -0.1) is 0 Å². The SMILES string of the molecule is CC/C(=C/CC1c2nc3ccccc3cc2CN1C(=O)OCc1ccccc1)CO. The van der Waals surface area contributed by atoms with Crippen molar-refractivity contribution >= 4 is 17.0 Å². The van der Waals surface area contributed by atoms with Crippen LogP contribution in [0, 0.1) is 0 Å². The first-order valence-corrected chi connectivity index (χ1v) is 10.3. The van der Waals surface area contributed by atoms with Gasteiger partial charge in [0.2, 0.25) is 0 Å². The van der Waals surface area contributed by atoms with Crippen molar-refractivity contribution in [2.45, 2.75) is 39.0 Å². The van der Waals surface area contributed by atoms with Crippen molar-refractivity contribution in [3.63, 3.8) is 0 Å². The van der Waals surface area contributed by atoms with Crippen molar-refractivity contribution in [3.05, 3.63) is 89.1 Å². The number of hydrogen-bond donors (Lipinski definition) is 1. The number of aromatic nitrogens is 1. The lowest BCUT2D eigenvalue weighted by atomic mass is 10.0. The van der Waals surface area contributed by atoms with Gasteiger partial charge in [-0.05, 0) is 41.7 Å². The number of nitrogens with zero attached hydrogens (tertiary/aromatic N) is 2. The summed E-state index contributed by atoms with van der Waals surface area (Å²) < 4.78 is 5.62. The van der Waals surface area contributed by atoms with Crippen molar-refractivity contribution < 1.29 is 14.6 Å². The lowest BCUT2D eigenvalue weighted by Gasteiger charge is -2.23. The van der Waals surface area contributed by atoms with Gasteiger partial charge in [0.05, 0.1) is 30.4 Å². The van der Waals surface area contributed by atoms with Gasteiger partial charge in [-0.3, -0.25) is 9.88 Å². The molecule has 2 aromatic carbocycles. The van der Waals surface area contributed by atoms with Gasteiger partial charge in [0.25, 0.3) is 0 Å². The fraction of sp³-hybridized carbons (Fsp3) is 0.280. The zero-order chi connectivity index (χ0) is 20.9. The van der Waals surface area contributed by atoms with Crippen molar-refractivity contribution in [2.24, 2.45) is 0 Å². The van der Waals surface area contributed by atoms with Crippen LogP contribution >= 0.6 is 0 Å². The number of aliphatic hydroxyl groups is 1. The molecule has 1 aliphatic rings. The average molecular weight is 402 g/mol. The first-order chi connectivity index (χ1) is 14.7. The van der Waals surface area contributed by atoms with E-state index in [-0.39, 0.29) is 25.3 Å². The molecule has 1 amide bonds. The number of ether oxygens (including phenoxy) is 1. The Hall–Kier alpha value is -3.18. The van der Waals surface area contributed by atoms with Crippen LogP contribution in [-0.4, -0.2) is 27.7 Å².